The van der Waals surface area contributed by atoms with Crippen LogP contribution in [-0.4, -0.2) is 24.7 Å². The van der Waals surface area contributed by atoms with Crippen molar-refractivity contribution in [3.8, 4) is 0 Å². The average molecular weight is 287 g/mol. The largest absolute Gasteiger partial charge is 0.383 e. The van der Waals surface area contributed by atoms with Crippen LogP contribution in [0, 0.1) is 0 Å². The van der Waals surface area contributed by atoms with E-state index in [9.17, 15) is 0 Å². The second kappa shape index (κ2) is 7.63. The van der Waals surface area contributed by atoms with Gasteiger partial charge in [0.2, 0.25) is 0 Å². The van der Waals surface area contributed by atoms with E-state index in [4.69, 9.17) is 4.74 Å². The molecule has 0 bridgehead atoms. The summed E-state index contributed by atoms with van der Waals surface area (Å²) in [5.41, 5.74) is 0. The standard InChI is InChI=1S/C12H19BrN2O/c1-3-4-5-11(9-16-2)15-12-7-6-10(13)8-14-12/h6-8,11H,3-5,9H2,1-2H3,(H,14,15). The van der Waals surface area contributed by atoms with E-state index in [0.29, 0.717) is 6.04 Å². The van der Waals surface area contributed by atoms with Crippen LogP contribution in [-0.2, 0) is 4.74 Å². The molecule has 0 spiro atoms. The number of hydrogen-bond acceptors (Lipinski definition) is 3. The Kier molecular flexibility index (Phi) is 6.42. The molecule has 90 valence electrons. The number of ether oxygens (including phenoxy) is 1. The molecule has 0 aliphatic heterocycles. The van der Waals surface area contributed by atoms with Gasteiger partial charge in [0.1, 0.15) is 5.82 Å². The molecule has 1 atom stereocenters. The average Bonchev–Trinajstić information content (AvgIpc) is 2.29. The minimum absolute atomic E-state index is 0.346. The minimum Gasteiger partial charge on any atom is -0.383 e. The monoisotopic (exact) mass is 286 g/mol. The lowest BCUT2D eigenvalue weighted by Crippen LogP contribution is -2.25. The van der Waals surface area contributed by atoms with E-state index in [1.807, 2.05) is 12.1 Å². The zero-order valence-electron chi connectivity index (χ0n) is 9.87. The van der Waals surface area contributed by atoms with Crippen LogP contribution in [0.25, 0.3) is 0 Å². The number of hydrogen-bond donors (Lipinski definition) is 1. The molecule has 1 N–H and O–H groups in total. The normalized spacial score (nSPS) is 12.4. The van der Waals surface area contributed by atoms with Crippen LogP contribution in [0.5, 0.6) is 0 Å². The van der Waals surface area contributed by atoms with Gasteiger partial charge in [0.25, 0.3) is 0 Å². The molecule has 1 rings (SSSR count). The Morgan fingerprint density at radius 3 is 2.88 bits per heavy atom. The maximum atomic E-state index is 5.20. The summed E-state index contributed by atoms with van der Waals surface area (Å²) in [6.45, 7) is 2.92. The first kappa shape index (κ1) is 13.5. The molecule has 4 heteroatoms. The highest BCUT2D eigenvalue weighted by atomic mass is 79.9. The van der Waals surface area contributed by atoms with Gasteiger partial charge in [-0.2, -0.15) is 0 Å². The summed E-state index contributed by atoms with van der Waals surface area (Å²) in [6, 6.07) is 4.30. The smallest absolute Gasteiger partial charge is 0.126 e. The molecule has 1 aromatic heterocycles. The third-order valence-corrected chi connectivity index (χ3v) is 2.82. The zero-order chi connectivity index (χ0) is 11.8. The van der Waals surface area contributed by atoms with E-state index >= 15 is 0 Å². The minimum atomic E-state index is 0.346. The van der Waals surface area contributed by atoms with Crippen LogP contribution in [0.15, 0.2) is 22.8 Å². The molecular weight excluding hydrogens is 268 g/mol. The van der Waals surface area contributed by atoms with Gasteiger partial charge in [-0.3, -0.25) is 0 Å². The molecule has 0 saturated carbocycles. The molecule has 1 aromatic rings. The van der Waals surface area contributed by atoms with Gasteiger partial charge in [0, 0.05) is 17.8 Å². The van der Waals surface area contributed by atoms with Gasteiger partial charge in [-0.05, 0) is 34.5 Å². The van der Waals surface area contributed by atoms with Gasteiger partial charge >= 0.3 is 0 Å². The first-order chi connectivity index (χ1) is 7.76. The summed E-state index contributed by atoms with van der Waals surface area (Å²) in [4.78, 5) is 4.29. The van der Waals surface area contributed by atoms with Crippen molar-refractivity contribution in [2.45, 2.75) is 32.2 Å². The fourth-order valence-electron chi connectivity index (χ4n) is 1.52. The number of halogens is 1. The van der Waals surface area contributed by atoms with E-state index in [-0.39, 0.29) is 0 Å². The Bertz CT molecular complexity index is 290. The SMILES string of the molecule is CCCCC(COC)Nc1ccc(Br)cn1. The lowest BCUT2D eigenvalue weighted by Gasteiger charge is -2.18. The first-order valence-electron chi connectivity index (χ1n) is 5.63. The highest BCUT2D eigenvalue weighted by molar-refractivity contribution is 9.10. The Morgan fingerprint density at radius 1 is 1.50 bits per heavy atom. The number of methoxy groups -OCH3 is 1. The second-order valence-electron chi connectivity index (χ2n) is 3.80. The van der Waals surface area contributed by atoms with Crippen LogP contribution in [0.2, 0.25) is 0 Å². The van der Waals surface area contributed by atoms with Crippen molar-refractivity contribution < 1.29 is 4.74 Å². The molecule has 1 unspecified atom stereocenters. The fraction of sp³-hybridized carbons (Fsp3) is 0.583. The van der Waals surface area contributed by atoms with Crippen molar-refractivity contribution in [2.24, 2.45) is 0 Å². The molecule has 0 aliphatic carbocycles. The van der Waals surface area contributed by atoms with Crippen LogP contribution in [0.3, 0.4) is 0 Å². The van der Waals surface area contributed by atoms with Crippen LogP contribution >= 0.6 is 15.9 Å². The summed E-state index contributed by atoms with van der Waals surface area (Å²) in [5, 5.41) is 3.38. The Morgan fingerprint density at radius 2 is 2.31 bits per heavy atom. The van der Waals surface area contributed by atoms with Gasteiger partial charge in [-0.15, -0.1) is 0 Å². The van der Waals surface area contributed by atoms with Gasteiger partial charge < -0.3 is 10.1 Å². The number of aromatic nitrogens is 1. The lowest BCUT2D eigenvalue weighted by molar-refractivity contribution is 0.182. The third-order valence-electron chi connectivity index (χ3n) is 2.35. The molecule has 0 aliphatic rings. The summed E-state index contributed by atoms with van der Waals surface area (Å²) < 4.78 is 6.19. The van der Waals surface area contributed by atoms with Crippen molar-refractivity contribution in [1.82, 2.24) is 4.98 Å². The summed E-state index contributed by atoms with van der Waals surface area (Å²) >= 11 is 3.37. The predicted octanol–water partition coefficient (Wildman–Crippen LogP) is 3.46. The number of nitrogens with one attached hydrogen (secondary N) is 1. The summed E-state index contributed by atoms with van der Waals surface area (Å²) in [7, 11) is 1.73. The van der Waals surface area contributed by atoms with Crippen molar-refractivity contribution >= 4 is 21.7 Å². The van der Waals surface area contributed by atoms with E-state index in [1.165, 1.54) is 12.8 Å². The maximum Gasteiger partial charge on any atom is 0.126 e. The van der Waals surface area contributed by atoms with Crippen molar-refractivity contribution in [1.29, 1.82) is 0 Å². The molecule has 1 heterocycles. The van der Waals surface area contributed by atoms with Crippen molar-refractivity contribution in [2.75, 3.05) is 19.0 Å². The summed E-state index contributed by atoms with van der Waals surface area (Å²) in [5.74, 6) is 0.904. The molecule has 0 aromatic carbocycles. The van der Waals surface area contributed by atoms with Crippen molar-refractivity contribution in [3.05, 3.63) is 22.8 Å². The topological polar surface area (TPSA) is 34.1 Å². The Labute approximate surface area is 106 Å². The molecular formula is C12H19BrN2O. The highest BCUT2D eigenvalue weighted by Crippen LogP contribution is 2.13. The third kappa shape index (κ3) is 4.94. The second-order valence-corrected chi connectivity index (χ2v) is 4.72. The fourth-order valence-corrected chi connectivity index (χ4v) is 1.75. The van der Waals surface area contributed by atoms with Gasteiger partial charge in [0.15, 0.2) is 0 Å². The molecule has 0 saturated heterocycles. The van der Waals surface area contributed by atoms with E-state index in [1.54, 1.807) is 13.3 Å². The Hall–Kier alpha value is -0.610. The van der Waals surface area contributed by atoms with Crippen molar-refractivity contribution in [3.63, 3.8) is 0 Å². The number of pyridine rings is 1. The van der Waals surface area contributed by atoms with Crippen LogP contribution < -0.4 is 5.32 Å². The number of unbranched alkanes of at least 4 members (excludes halogenated alkanes) is 1. The van der Waals surface area contributed by atoms with Crippen LogP contribution in [0.1, 0.15) is 26.2 Å². The molecule has 3 nitrogen and oxygen atoms in total. The Balaban J connectivity index is 2.49. The van der Waals surface area contributed by atoms with E-state index in [2.05, 4.69) is 33.2 Å². The summed E-state index contributed by atoms with van der Waals surface area (Å²) in [6.07, 6.45) is 5.32. The number of nitrogens with zero attached hydrogens (tertiary/aromatic N) is 1. The highest BCUT2D eigenvalue weighted by Gasteiger charge is 2.07. The zero-order valence-corrected chi connectivity index (χ0v) is 11.5. The van der Waals surface area contributed by atoms with Gasteiger partial charge in [0.05, 0.1) is 12.6 Å². The molecule has 0 amide bonds. The van der Waals surface area contributed by atoms with Crippen LogP contribution in [0.4, 0.5) is 5.82 Å². The number of anilines is 1. The quantitative estimate of drug-likeness (QED) is 0.834. The van der Waals surface area contributed by atoms with E-state index in [0.717, 1.165) is 23.3 Å². The lowest BCUT2D eigenvalue weighted by atomic mass is 10.1. The van der Waals surface area contributed by atoms with Gasteiger partial charge in [-0.1, -0.05) is 19.8 Å². The number of rotatable bonds is 7. The predicted molar refractivity (Wildman–Crippen MR) is 70.7 cm³/mol. The molecule has 0 fully saturated rings. The molecule has 0 radical (unpaired) electrons. The van der Waals surface area contributed by atoms with E-state index < -0.39 is 0 Å². The molecule has 16 heavy (non-hydrogen) atoms. The first-order valence-corrected chi connectivity index (χ1v) is 6.42. The maximum absolute atomic E-state index is 5.20. The van der Waals surface area contributed by atoms with Gasteiger partial charge in [-0.25, -0.2) is 4.98 Å².